The molecule has 0 radical (unpaired) electrons. The normalized spacial score (nSPS) is 16.9. The fourth-order valence-corrected chi connectivity index (χ4v) is 4.69. The number of rotatable bonds is 5. The van der Waals surface area contributed by atoms with Crippen LogP contribution in [-0.4, -0.2) is 17.7 Å². The number of carbonyl (C=O) groups excluding carboxylic acids is 1. The molecule has 30 heavy (non-hydrogen) atoms. The molecule has 9 heteroatoms. The quantitative estimate of drug-likeness (QED) is 0.564. The van der Waals surface area contributed by atoms with Crippen LogP contribution in [0.5, 0.6) is 11.5 Å². The van der Waals surface area contributed by atoms with Crippen LogP contribution in [0.3, 0.4) is 0 Å². The highest BCUT2D eigenvalue weighted by Crippen LogP contribution is 2.51. The Hall–Kier alpha value is -2.32. The number of hydrogen-bond donors (Lipinski definition) is 2. The lowest BCUT2D eigenvalue weighted by Gasteiger charge is -2.15. The maximum atomic E-state index is 13.0. The van der Waals surface area contributed by atoms with Gasteiger partial charge in [-0.1, -0.05) is 46.7 Å². The number of benzene rings is 2. The van der Waals surface area contributed by atoms with Crippen molar-refractivity contribution in [3.05, 3.63) is 68.6 Å². The highest BCUT2D eigenvalue weighted by atomic mass is 35.5. The molecule has 1 amide bonds. The summed E-state index contributed by atoms with van der Waals surface area (Å²) in [6.45, 7) is 0.207. The van der Waals surface area contributed by atoms with Gasteiger partial charge in [-0.05, 0) is 48.2 Å². The van der Waals surface area contributed by atoms with E-state index in [1.165, 1.54) is 11.3 Å². The zero-order chi connectivity index (χ0) is 20.9. The second-order valence-corrected chi connectivity index (χ2v) is 9.20. The van der Waals surface area contributed by atoms with E-state index in [2.05, 4.69) is 10.3 Å². The first-order valence-electron chi connectivity index (χ1n) is 9.34. The number of nitrogens with zero attached hydrogens (tertiary/aromatic N) is 1. The van der Waals surface area contributed by atoms with Gasteiger partial charge in [-0.25, -0.2) is 4.98 Å². The number of halogens is 2. The van der Waals surface area contributed by atoms with Crippen molar-refractivity contribution in [1.82, 2.24) is 4.98 Å². The summed E-state index contributed by atoms with van der Waals surface area (Å²) < 4.78 is 10.8. The average molecular weight is 462 g/mol. The molecule has 2 heterocycles. The molecule has 1 aliphatic heterocycles. The van der Waals surface area contributed by atoms with Crippen molar-refractivity contribution in [3.63, 3.8) is 0 Å². The van der Waals surface area contributed by atoms with Gasteiger partial charge in [0, 0.05) is 11.1 Å². The van der Waals surface area contributed by atoms with Gasteiger partial charge in [-0.2, -0.15) is 0 Å². The van der Waals surface area contributed by atoms with E-state index in [4.69, 9.17) is 38.4 Å². The summed E-state index contributed by atoms with van der Waals surface area (Å²) in [5.74, 6) is 1.30. The lowest BCUT2D eigenvalue weighted by atomic mass is 9.94. The standard InChI is InChI=1S/C21H17Cl2N3O3S/c22-13-3-1-11(7-14(13)23)18(24)17-9-25-20(30-17)26-19(27)21(5-6-21)12-2-4-15-16(8-12)29-10-28-15/h1-4,7-9,18H,5-6,10,24H2,(H,25,26,27)/t18-/m0/s1. The summed E-state index contributed by atoms with van der Waals surface area (Å²) in [5.41, 5.74) is 7.54. The van der Waals surface area contributed by atoms with E-state index in [0.717, 1.165) is 28.8 Å². The average Bonchev–Trinajstić information content (AvgIpc) is 3.20. The van der Waals surface area contributed by atoms with Crippen LogP contribution < -0.4 is 20.5 Å². The molecule has 2 aliphatic rings. The minimum Gasteiger partial charge on any atom is -0.454 e. The lowest BCUT2D eigenvalue weighted by Crippen LogP contribution is -2.27. The molecule has 0 bridgehead atoms. The highest BCUT2D eigenvalue weighted by Gasteiger charge is 2.52. The van der Waals surface area contributed by atoms with Gasteiger partial charge in [-0.15, -0.1) is 0 Å². The van der Waals surface area contributed by atoms with Crippen LogP contribution in [0.4, 0.5) is 5.13 Å². The smallest absolute Gasteiger partial charge is 0.236 e. The number of ether oxygens (including phenoxy) is 2. The van der Waals surface area contributed by atoms with E-state index >= 15 is 0 Å². The molecule has 1 aliphatic carbocycles. The Morgan fingerprint density at radius 3 is 2.70 bits per heavy atom. The Balaban J connectivity index is 1.32. The van der Waals surface area contributed by atoms with Gasteiger partial charge in [0.1, 0.15) is 0 Å². The third-order valence-corrected chi connectivity index (χ3v) is 7.20. The summed E-state index contributed by atoms with van der Waals surface area (Å²) in [6, 6.07) is 10.5. The molecule has 0 saturated heterocycles. The summed E-state index contributed by atoms with van der Waals surface area (Å²) in [4.78, 5) is 18.2. The van der Waals surface area contributed by atoms with Gasteiger partial charge in [0.05, 0.1) is 21.5 Å². The number of carbonyl (C=O) groups is 1. The number of fused-ring (bicyclic) bond motifs is 1. The number of nitrogens with one attached hydrogen (secondary N) is 1. The molecule has 1 saturated carbocycles. The van der Waals surface area contributed by atoms with E-state index < -0.39 is 11.5 Å². The monoisotopic (exact) mass is 461 g/mol. The predicted molar refractivity (Wildman–Crippen MR) is 117 cm³/mol. The van der Waals surface area contributed by atoms with Crippen molar-refractivity contribution in [2.45, 2.75) is 24.3 Å². The van der Waals surface area contributed by atoms with Gasteiger partial charge in [0.25, 0.3) is 0 Å². The summed E-state index contributed by atoms with van der Waals surface area (Å²) in [6.07, 6.45) is 3.23. The highest BCUT2D eigenvalue weighted by molar-refractivity contribution is 7.15. The van der Waals surface area contributed by atoms with Gasteiger partial charge >= 0.3 is 0 Å². The SMILES string of the molecule is N[C@@H](c1ccc(Cl)c(Cl)c1)c1cnc(NC(=O)C2(c3ccc4c(c3)OCO4)CC2)s1. The molecule has 0 spiro atoms. The Kier molecular flexibility index (Phi) is 4.86. The van der Waals surface area contributed by atoms with Crippen LogP contribution in [0.25, 0.3) is 0 Å². The summed E-state index contributed by atoms with van der Waals surface area (Å²) in [7, 11) is 0. The van der Waals surface area contributed by atoms with E-state index in [0.29, 0.717) is 26.7 Å². The second-order valence-electron chi connectivity index (χ2n) is 7.32. The predicted octanol–water partition coefficient (Wildman–Crippen LogP) is 4.90. The summed E-state index contributed by atoms with van der Waals surface area (Å²) in [5, 5.41) is 4.38. The molecule has 2 aromatic carbocycles. The maximum absolute atomic E-state index is 13.0. The summed E-state index contributed by atoms with van der Waals surface area (Å²) >= 11 is 13.4. The van der Waals surface area contributed by atoms with E-state index in [9.17, 15) is 4.79 Å². The minimum absolute atomic E-state index is 0.0784. The fraction of sp³-hybridized carbons (Fsp3) is 0.238. The van der Waals surface area contributed by atoms with Crippen molar-refractivity contribution >= 4 is 45.6 Å². The molecular weight excluding hydrogens is 445 g/mol. The van der Waals surface area contributed by atoms with Crippen LogP contribution in [0.2, 0.25) is 10.0 Å². The van der Waals surface area contributed by atoms with Crippen molar-refractivity contribution in [3.8, 4) is 11.5 Å². The number of aromatic nitrogens is 1. The van der Waals surface area contributed by atoms with Gasteiger partial charge < -0.3 is 20.5 Å². The first-order valence-corrected chi connectivity index (χ1v) is 10.9. The van der Waals surface area contributed by atoms with E-state index in [-0.39, 0.29) is 12.7 Å². The molecule has 6 nitrogen and oxygen atoms in total. The van der Waals surface area contributed by atoms with E-state index in [1.54, 1.807) is 18.3 Å². The Morgan fingerprint density at radius 1 is 1.13 bits per heavy atom. The number of anilines is 1. The topological polar surface area (TPSA) is 86.5 Å². The third kappa shape index (κ3) is 3.41. The molecule has 3 N–H and O–H groups in total. The Labute approximate surface area is 186 Å². The third-order valence-electron chi connectivity index (χ3n) is 5.46. The van der Waals surface area contributed by atoms with Crippen LogP contribution >= 0.6 is 34.5 Å². The van der Waals surface area contributed by atoms with Crippen molar-refractivity contribution in [2.24, 2.45) is 5.73 Å². The Morgan fingerprint density at radius 2 is 1.93 bits per heavy atom. The van der Waals surface area contributed by atoms with E-state index in [1.807, 2.05) is 24.3 Å². The van der Waals surface area contributed by atoms with Gasteiger partial charge in [-0.3, -0.25) is 4.79 Å². The number of thiazole rings is 1. The molecular formula is C21H17Cl2N3O3S. The van der Waals surface area contributed by atoms with Crippen LogP contribution in [0, 0.1) is 0 Å². The van der Waals surface area contributed by atoms with Crippen LogP contribution in [0.1, 0.15) is 34.9 Å². The molecule has 1 aromatic heterocycles. The fourth-order valence-electron chi connectivity index (χ4n) is 3.54. The maximum Gasteiger partial charge on any atom is 0.236 e. The Bertz CT molecular complexity index is 1150. The van der Waals surface area contributed by atoms with Gasteiger partial charge in [0.15, 0.2) is 16.6 Å². The van der Waals surface area contributed by atoms with Crippen molar-refractivity contribution in [1.29, 1.82) is 0 Å². The zero-order valence-corrected chi connectivity index (χ0v) is 18.0. The second kappa shape index (κ2) is 7.42. The molecule has 5 rings (SSSR count). The number of nitrogens with two attached hydrogens (primary N) is 1. The number of hydrogen-bond acceptors (Lipinski definition) is 6. The first kappa shape index (κ1) is 19.6. The minimum atomic E-state index is -0.557. The molecule has 0 unspecified atom stereocenters. The largest absolute Gasteiger partial charge is 0.454 e. The van der Waals surface area contributed by atoms with Gasteiger partial charge in [0.2, 0.25) is 12.7 Å². The van der Waals surface area contributed by atoms with Crippen molar-refractivity contribution in [2.75, 3.05) is 12.1 Å². The first-order chi connectivity index (χ1) is 14.5. The zero-order valence-electron chi connectivity index (χ0n) is 15.7. The lowest BCUT2D eigenvalue weighted by molar-refractivity contribution is -0.118. The molecule has 154 valence electrons. The number of amides is 1. The van der Waals surface area contributed by atoms with Crippen LogP contribution in [0.15, 0.2) is 42.6 Å². The molecule has 1 atom stereocenters. The van der Waals surface area contributed by atoms with Crippen molar-refractivity contribution < 1.29 is 14.3 Å². The molecule has 1 fully saturated rings. The molecule has 3 aromatic rings. The van der Waals surface area contributed by atoms with Crippen LogP contribution in [-0.2, 0) is 10.2 Å².